The molecule has 106 valence electrons. The molecule has 1 fully saturated rings. The number of amides is 1. The van der Waals surface area contributed by atoms with Crippen LogP contribution in [0, 0.1) is 24.0 Å². The number of nitrogens with zero attached hydrogens (tertiary/aromatic N) is 1. The third-order valence-electron chi connectivity index (χ3n) is 3.50. The third kappa shape index (κ3) is 2.34. The summed E-state index contributed by atoms with van der Waals surface area (Å²) in [7, 11) is 0. The zero-order valence-electron chi connectivity index (χ0n) is 11.1. The molecule has 20 heavy (non-hydrogen) atoms. The number of nitro benzene ring substituents is 1. The Kier molecular flexibility index (Phi) is 3.21. The fourth-order valence-corrected chi connectivity index (χ4v) is 2.08. The molecule has 0 saturated heterocycles. The van der Waals surface area contributed by atoms with Crippen LogP contribution in [0.15, 0.2) is 12.1 Å². The summed E-state index contributed by atoms with van der Waals surface area (Å²) in [5.41, 5.74) is -0.186. The lowest BCUT2D eigenvalue weighted by molar-refractivity contribution is -0.385. The third-order valence-corrected chi connectivity index (χ3v) is 3.50. The van der Waals surface area contributed by atoms with Gasteiger partial charge in [0.15, 0.2) is 0 Å². The highest BCUT2D eigenvalue weighted by Gasteiger charge is 2.51. The van der Waals surface area contributed by atoms with Gasteiger partial charge in [0.05, 0.1) is 4.92 Å². The van der Waals surface area contributed by atoms with E-state index in [4.69, 9.17) is 5.11 Å². The van der Waals surface area contributed by atoms with Crippen molar-refractivity contribution in [1.29, 1.82) is 0 Å². The van der Waals surface area contributed by atoms with Crippen LogP contribution in [-0.2, 0) is 4.79 Å². The van der Waals surface area contributed by atoms with Crippen molar-refractivity contribution in [2.75, 3.05) is 0 Å². The fourth-order valence-electron chi connectivity index (χ4n) is 2.08. The molecule has 1 aliphatic rings. The SMILES string of the molecule is Cc1cc(C)c([N+](=O)[O-])cc1C(=O)NC1(C(=O)O)CC1. The summed E-state index contributed by atoms with van der Waals surface area (Å²) in [5, 5.41) is 22.4. The molecule has 0 unspecified atom stereocenters. The van der Waals surface area contributed by atoms with E-state index in [2.05, 4.69) is 5.32 Å². The first-order chi connectivity index (χ1) is 9.27. The Morgan fingerprint density at radius 1 is 1.30 bits per heavy atom. The molecular weight excluding hydrogens is 264 g/mol. The molecule has 1 amide bonds. The van der Waals surface area contributed by atoms with E-state index in [9.17, 15) is 19.7 Å². The molecule has 0 atom stereocenters. The Labute approximate surface area is 114 Å². The van der Waals surface area contributed by atoms with Gasteiger partial charge in [-0.15, -0.1) is 0 Å². The van der Waals surface area contributed by atoms with Crippen LogP contribution < -0.4 is 5.32 Å². The van der Waals surface area contributed by atoms with Gasteiger partial charge in [-0.1, -0.05) is 0 Å². The maximum atomic E-state index is 12.1. The van der Waals surface area contributed by atoms with Crippen LogP contribution in [0.2, 0.25) is 0 Å². The molecule has 1 saturated carbocycles. The van der Waals surface area contributed by atoms with Crippen LogP contribution in [0.1, 0.15) is 34.3 Å². The van der Waals surface area contributed by atoms with Crippen molar-refractivity contribution in [3.05, 3.63) is 38.9 Å². The zero-order chi connectivity index (χ0) is 15.1. The van der Waals surface area contributed by atoms with Crippen molar-refractivity contribution in [1.82, 2.24) is 5.32 Å². The van der Waals surface area contributed by atoms with Gasteiger partial charge < -0.3 is 10.4 Å². The normalized spacial score (nSPS) is 15.5. The van der Waals surface area contributed by atoms with E-state index in [1.807, 2.05) is 0 Å². The first-order valence-corrected chi connectivity index (χ1v) is 6.08. The van der Waals surface area contributed by atoms with Gasteiger partial charge in [0.25, 0.3) is 11.6 Å². The van der Waals surface area contributed by atoms with Crippen LogP contribution >= 0.6 is 0 Å². The summed E-state index contributed by atoms with van der Waals surface area (Å²) in [6, 6.07) is 2.74. The Balaban J connectivity index is 2.33. The number of rotatable bonds is 4. The second-order valence-electron chi connectivity index (χ2n) is 5.05. The van der Waals surface area contributed by atoms with E-state index >= 15 is 0 Å². The highest BCUT2D eigenvalue weighted by molar-refractivity contribution is 6.00. The molecule has 2 N–H and O–H groups in total. The van der Waals surface area contributed by atoms with Crippen molar-refractivity contribution in [3.63, 3.8) is 0 Å². The van der Waals surface area contributed by atoms with Gasteiger partial charge in [0, 0.05) is 17.2 Å². The number of hydrogen-bond acceptors (Lipinski definition) is 4. The van der Waals surface area contributed by atoms with Crippen molar-refractivity contribution < 1.29 is 19.6 Å². The predicted octanol–water partition coefficient (Wildman–Crippen LogP) is 1.56. The summed E-state index contributed by atoms with van der Waals surface area (Å²) in [4.78, 5) is 33.5. The molecule has 0 heterocycles. The summed E-state index contributed by atoms with van der Waals surface area (Å²) >= 11 is 0. The number of aliphatic carboxylic acids is 1. The van der Waals surface area contributed by atoms with Gasteiger partial charge in [-0.3, -0.25) is 14.9 Å². The number of carbonyl (C=O) groups excluding carboxylic acids is 1. The molecule has 1 aromatic rings. The second-order valence-corrected chi connectivity index (χ2v) is 5.05. The highest BCUT2D eigenvalue weighted by Crippen LogP contribution is 2.36. The molecule has 0 radical (unpaired) electrons. The van der Waals surface area contributed by atoms with Crippen molar-refractivity contribution in [3.8, 4) is 0 Å². The minimum atomic E-state index is -1.21. The summed E-state index contributed by atoms with van der Waals surface area (Å²) in [6.45, 7) is 3.25. The topological polar surface area (TPSA) is 110 Å². The van der Waals surface area contributed by atoms with E-state index in [1.165, 1.54) is 6.07 Å². The molecule has 7 heteroatoms. The smallest absolute Gasteiger partial charge is 0.329 e. The van der Waals surface area contributed by atoms with Gasteiger partial charge in [-0.25, -0.2) is 4.79 Å². The van der Waals surface area contributed by atoms with Crippen LogP contribution in [-0.4, -0.2) is 27.4 Å². The lowest BCUT2D eigenvalue weighted by Crippen LogP contribution is -2.43. The molecular formula is C13H14N2O5. The minimum Gasteiger partial charge on any atom is -0.480 e. The number of nitro groups is 1. The number of nitrogens with one attached hydrogen (secondary N) is 1. The Morgan fingerprint density at radius 2 is 1.90 bits per heavy atom. The van der Waals surface area contributed by atoms with E-state index in [0.717, 1.165) is 0 Å². The lowest BCUT2D eigenvalue weighted by atomic mass is 10.0. The fraction of sp³-hybridized carbons (Fsp3) is 0.385. The van der Waals surface area contributed by atoms with Crippen LogP contribution in [0.3, 0.4) is 0 Å². The number of aryl methyl sites for hydroxylation is 2. The first kappa shape index (κ1) is 14.0. The van der Waals surface area contributed by atoms with Crippen LogP contribution in [0.25, 0.3) is 0 Å². The predicted molar refractivity (Wildman–Crippen MR) is 69.6 cm³/mol. The van der Waals surface area contributed by atoms with Gasteiger partial charge in [-0.2, -0.15) is 0 Å². The lowest BCUT2D eigenvalue weighted by Gasteiger charge is -2.14. The van der Waals surface area contributed by atoms with Crippen molar-refractivity contribution in [2.45, 2.75) is 32.2 Å². The Bertz CT molecular complexity index is 619. The van der Waals surface area contributed by atoms with Crippen LogP contribution in [0.4, 0.5) is 5.69 Å². The second kappa shape index (κ2) is 4.59. The van der Waals surface area contributed by atoms with E-state index < -0.39 is 22.3 Å². The molecule has 0 spiro atoms. The van der Waals surface area contributed by atoms with Crippen molar-refractivity contribution in [2.24, 2.45) is 0 Å². The summed E-state index contributed by atoms with van der Waals surface area (Å²) in [5.74, 6) is -1.67. The molecule has 7 nitrogen and oxygen atoms in total. The molecule has 0 aliphatic heterocycles. The Hall–Kier alpha value is -2.44. The number of benzene rings is 1. The average molecular weight is 278 g/mol. The van der Waals surface area contributed by atoms with Crippen molar-refractivity contribution >= 4 is 17.6 Å². The van der Waals surface area contributed by atoms with E-state index in [-0.39, 0.29) is 11.3 Å². The molecule has 1 aliphatic carbocycles. The number of carboxylic acids is 1. The van der Waals surface area contributed by atoms with Gasteiger partial charge in [0.1, 0.15) is 5.54 Å². The molecule has 0 aromatic heterocycles. The van der Waals surface area contributed by atoms with Gasteiger partial charge in [-0.05, 0) is 38.3 Å². The summed E-state index contributed by atoms with van der Waals surface area (Å²) < 4.78 is 0. The largest absolute Gasteiger partial charge is 0.480 e. The number of carbonyl (C=O) groups is 2. The van der Waals surface area contributed by atoms with Gasteiger partial charge >= 0.3 is 5.97 Å². The maximum absolute atomic E-state index is 12.1. The molecule has 1 aromatic carbocycles. The minimum absolute atomic E-state index is 0.134. The highest BCUT2D eigenvalue weighted by atomic mass is 16.6. The first-order valence-electron chi connectivity index (χ1n) is 6.08. The molecule has 0 bridgehead atoms. The van der Waals surface area contributed by atoms with Gasteiger partial charge in [0.2, 0.25) is 0 Å². The number of carboxylic acid groups (broad SMARTS) is 1. The monoisotopic (exact) mass is 278 g/mol. The Morgan fingerprint density at radius 3 is 2.35 bits per heavy atom. The standard InChI is InChI=1S/C13H14N2O5/c1-7-5-8(2)10(15(19)20)6-9(7)11(16)14-13(3-4-13)12(17)18/h5-6H,3-4H2,1-2H3,(H,14,16)(H,17,18). The average Bonchev–Trinajstić information content (AvgIpc) is 3.09. The van der Waals surface area contributed by atoms with E-state index in [0.29, 0.717) is 24.0 Å². The number of hydrogen-bond donors (Lipinski definition) is 2. The zero-order valence-corrected chi connectivity index (χ0v) is 11.1. The maximum Gasteiger partial charge on any atom is 0.329 e. The van der Waals surface area contributed by atoms with Crippen LogP contribution in [0.5, 0.6) is 0 Å². The van der Waals surface area contributed by atoms with E-state index in [1.54, 1.807) is 19.9 Å². The molecule has 2 rings (SSSR count). The summed E-state index contributed by atoms with van der Waals surface area (Å²) in [6.07, 6.45) is 0.752. The quantitative estimate of drug-likeness (QED) is 0.641.